The molecule has 2 unspecified atom stereocenters. The van der Waals surface area contributed by atoms with Crippen molar-refractivity contribution in [3.63, 3.8) is 0 Å². The standard InChI is InChI=1S/C14H19BrO/c1-10-5-6-12(11(2)9-10)13(15)14(3)7-4-8-16-14/h5-6,9,13H,4,7-8H2,1-3H3. The van der Waals surface area contributed by atoms with E-state index in [4.69, 9.17) is 4.74 Å². The third kappa shape index (κ3) is 2.18. The van der Waals surface area contributed by atoms with Crippen LogP contribution >= 0.6 is 15.9 Å². The van der Waals surface area contributed by atoms with Crippen LogP contribution in [0, 0.1) is 13.8 Å². The molecule has 2 rings (SSSR count). The lowest BCUT2D eigenvalue weighted by Crippen LogP contribution is -2.28. The molecule has 0 aromatic heterocycles. The number of ether oxygens (including phenoxy) is 1. The molecule has 1 fully saturated rings. The number of hydrogen-bond donors (Lipinski definition) is 0. The Bertz CT molecular complexity index is 380. The summed E-state index contributed by atoms with van der Waals surface area (Å²) in [6.07, 6.45) is 2.31. The van der Waals surface area contributed by atoms with Gasteiger partial charge in [0, 0.05) is 6.61 Å². The molecular formula is C14H19BrO. The normalized spacial score (nSPS) is 27.0. The number of rotatable bonds is 2. The SMILES string of the molecule is Cc1ccc(C(Br)C2(C)CCCO2)c(C)c1. The van der Waals surface area contributed by atoms with Crippen LogP contribution in [0.3, 0.4) is 0 Å². The Balaban J connectivity index is 2.29. The zero-order valence-electron chi connectivity index (χ0n) is 10.2. The van der Waals surface area contributed by atoms with Gasteiger partial charge in [0.15, 0.2) is 0 Å². The minimum atomic E-state index is -0.0416. The fraction of sp³-hybridized carbons (Fsp3) is 0.571. The van der Waals surface area contributed by atoms with E-state index < -0.39 is 0 Å². The van der Waals surface area contributed by atoms with Crippen molar-refractivity contribution in [1.29, 1.82) is 0 Å². The first-order chi connectivity index (χ1) is 7.53. The Kier molecular flexibility index (Phi) is 3.41. The van der Waals surface area contributed by atoms with Gasteiger partial charge in [0.05, 0.1) is 10.4 Å². The highest BCUT2D eigenvalue weighted by molar-refractivity contribution is 9.09. The molecule has 16 heavy (non-hydrogen) atoms. The van der Waals surface area contributed by atoms with Crippen molar-refractivity contribution in [3.05, 3.63) is 34.9 Å². The number of hydrogen-bond acceptors (Lipinski definition) is 1. The van der Waals surface area contributed by atoms with Crippen molar-refractivity contribution in [2.75, 3.05) is 6.61 Å². The molecule has 1 heterocycles. The average molecular weight is 283 g/mol. The number of aryl methyl sites for hydroxylation is 2. The molecule has 0 radical (unpaired) electrons. The molecule has 1 saturated heterocycles. The Hall–Kier alpha value is -0.340. The Morgan fingerprint density at radius 3 is 2.69 bits per heavy atom. The number of alkyl halides is 1. The quantitative estimate of drug-likeness (QED) is 0.735. The maximum atomic E-state index is 5.89. The van der Waals surface area contributed by atoms with Crippen molar-refractivity contribution in [2.45, 2.75) is 44.0 Å². The smallest absolute Gasteiger partial charge is 0.0820 e. The monoisotopic (exact) mass is 282 g/mol. The molecular weight excluding hydrogens is 264 g/mol. The van der Waals surface area contributed by atoms with E-state index in [9.17, 15) is 0 Å². The van der Waals surface area contributed by atoms with Gasteiger partial charge in [-0.3, -0.25) is 0 Å². The second-order valence-corrected chi connectivity index (χ2v) is 5.90. The molecule has 2 heteroatoms. The summed E-state index contributed by atoms with van der Waals surface area (Å²) in [5.74, 6) is 0. The second kappa shape index (κ2) is 4.50. The third-order valence-electron chi connectivity index (χ3n) is 3.48. The first kappa shape index (κ1) is 12.1. The lowest BCUT2D eigenvalue weighted by molar-refractivity contribution is 0.0196. The molecule has 0 N–H and O–H groups in total. The lowest BCUT2D eigenvalue weighted by atomic mass is 9.90. The molecule has 88 valence electrons. The Labute approximate surface area is 106 Å². The van der Waals surface area contributed by atoms with E-state index in [2.05, 4.69) is 54.9 Å². The van der Waals surface area contributed by atoms with E-state index in [1.54, 1.807) is 0 Å². The zero-order valence-corrected chi connectivity index (χ0v) is 11.8. The molecule has 0 spiro atoms. The summed E-state index contributed by atoms with van der Waals surface area (Å²) in [7, 11) is 0. The molecule has 1 aliphatic rings. The molecule has 0 aliphatic carbocycles. The van der Waals surface area contributed by atoms with Gasteiger partial charge in [0.25, 0.3) is 0 Å². The van der Waals surface area contributed by atoms with E-state index in [0.717, 1.165) is 13.0 Å². The highest BCUT2D eigenvalue weighted by Gasteiger charge is 2.38. The second-order valence-electron chi connectivity index (χ2n) is 4.99. The maximum absolute atomic E-state index is 5.89. The van der Waals surface area contributed by atoms with E-state index >= 15 is 0 Å². The number of halogens is 1. The Morgan fingerprint density at radius 1 is 1.38 bits per heavy atom. The van der Waals surface area contributed by atoms with Crippen LogP contribution in [0.2, 0.25) is 0 Å². The largest absolute Gasteiger partial charge is 0.374 e. The van der Waals surface area contributed by atoms with E-state index in [1.165, 1.54) is 23.1 Å². The van der Waals surface area contributed by atoms with Gasteiger partial charge >= 0.3 is 0 Å². The van der Waals surface area contributed by atoms with Crippen LogP contribution in [0.25, 0.3) is 0 Å². The van der Waals surface area contributed by atoms with Gasteiger partial charge in [-0.2, -0.15) is 0 Å². The molecule has 0 bridgehead atoms. The summed E-state index contributed by atoms with van der Waals surface area (Å²) in [5, 5.41) is 0. The van der Waals surface area contributed by atoms with Crippen LogP contribution in [0.4, 0.5) is 0 Å². The number of benzene rings is 1. The summed E-state index contributed by atoms with van der Waals surface area (Å²) in [4.78, 5) is 0.295. The summed E-state index contributed by atoms with van der Waals surface area (Å²) in [6, 6.07) is 6.63. The predicted octanol–water partition coefficient (Wildman–Crippen LogP) is 4.31. The van der Waals surface area contributed by atoms with Crippen molar-refractivity contribution in [1.82, 2.24) is 0 Å². The summed E-state index contributed by atoms with van der Waals surface area (Å²) in [6.45, 7) is 7.41. The van der Waals surface area contributed by atoms with Crippen LogP contribution in [0.1, 0.15) is 41.3 Å². The van der Waals surface area contributed by atoms with Crippen LogP contribution in [0.5, 0.6) is 0 Å². The fourth-order valence-electron chi connectivity index (χ4n) is 2.44. The van der Waals surface area contributed by atoms with Gasteiger partial charge in [0.2, 0.25) is 0 Å². The molecule has 0 saturated carbocycles. The predicted molar refractivity (Wildman–Crippen MR) is 71.2 cm³/mol. The molecule has 1 aliphatic heterocycles. The van der Waals surface area contributed by atoms with Crippen LogP contribution in [-0.4, -0.2) is 12.2 Å². The average Bonchev–Trinajstić information content (AvgIpc) is 2.66. The maximum Gasteiger partial charge on any atom is 0.0820 e. The highest BCUT2D eigenvalue weighted by atomic mass is 79.9. The molecule has 0 amide bonds. The molecule has 1 nitrogen and oxygen atoms in total. The summed E-state index contributed by atoms with van der Waals surface area (Å²) in [5.41, 5.74) is 3.98. The van der Waals surface area contributed by atoms with E-state index in [-0.39, 0.29) is 5.60 Å². The Morgan fingerprint density at radius 2 is 2.12 bits per heavy atom. The zero-order chi connectivity index (χ0) is 11.8. The van der Waals surface area contributed by atoms with Gasteiger partial charge < -0.3 is 4.74 Å². The van der Waals surface area contributed by atoms with E-state index in [1.807, 2.05) is 0 Å². The van der Waals surface area contributed by atoms with Crippen molar-refractivity contribution in [2.24, 2.45) is 0 Å². The van der Waals surface area contributed by atoms with Crippen LogP contribution in [-0.2, 0) is 4.74 Å². The third-order valence-corrected chi connectivity index (χ3v) is 4.95. The van der Waals surface area contributed by atoms with Gasteiger partial charge in [0.1, 0.15) is 0 Å². The van der Waals surface area contributed by atoms with Crippen molar-refractivity contribution >= 4 is 15.9 Å². The first-order valence-corrected chi connectivity index (χ1v) is 6.80. The minimum absolute atomic E-state index is 0.0416. The summed E-state index contributed by atoms with van der Waals surface area (Å²) >= 11 is 3.82. The van der Waals surface area contributed by atoms with Gasteiger partial charge in [-0.15, -0.1) is 0 Å². The van der Waals surface area contributed by atoms with Crippen LogP contribution < -0.4 is 0 Å². The topological polar surface area (TPSA) is 9.23 Å². The molecule has 1 aromatic carbocycles. The fourth-order valence-corrected chi connectivity index (χ4v) is 3.31. The summed E-state index contributed by atoms with van der Waals surface area (Å²) < 4.78 is 5.89. The highest BCUT2D eigenvalue weighted by Crippen LogP contribution is 2.43. The van der Waals surface area contributed by atoms with Crippen molar-refractivity contribution in [3.8, 4) is 0 Å². The van der Waals surface area contributed by atoms with E-state index in [0.29, 0.717) is 4.83 Å². The van der Waals surface area contributed by atoms with Gasteiger partial charge in [-0.25, -0.2) is 0 Å². The lowest BCUT2D eigenvalue weighted by Gasteiger charge is -2.30. The minimum Gasteiger partial charge on any atom is -0.374 e. The molecule has 2 atom stereocenters. The van der Waals surface area contributed by atoms with Gasteiger partial charge in [-0.05, 0) is 44.7 Å². The van der Waals surface area contributed by atoms with Crippen LogP contribution in [0.15, 0.2) is 18.2 Å². The molecule has 1 aromatic rings. The van der Waals surface area contributed by atoms with Crippen molar-refractivity contribution < 1.29 is 4.74 Å². The van der Waals surface area contributed by atoms with Gasteiger partial charge in [-0.1, -0.05) is 39.7 Å². The first-order valence-electron chi connectivity index (χ1n) is 5.88.